The maximum atomic E-state index is 9.89. The van der Waals surface area contributed by atoms with Crippen molar-refractivity contribution in [3.05, 3.63) is 0 Å². The van der Waals surface area contributed by atoms with Gasteiger partial charge in [-0.3, -0.25) is 0 Å². The largest absolute Gasteiger partial charge is 0.393 e. The molecule has 2 bridgehead atoms. The Labute approximate surface area is 117 Å². The van der Waals surface area contributed by atoms with Crippen LogP contribution in [0.1, 0.15) is 59.3 Å². The number of methoxy groups -OCH3 is 1. The number of ether oxygens (including phenoxy) is 1. The van der Waals surface area contributed by atoms with Gasteiger partial charge in [0.15, 0.2) is 0 Å². The summed E-state index contributed by atoms with van der Waals surface area (Å²) in [5.74, 6) is 2.38. The second-order valence-corrected chi connectivity index (χ2v) is 8.12. The van der Waals surface area contributed by atoms with Gasteiger partial charge in [0.1, 0.15) is 0 Å². The Morgan fingerprint density at radius 2 is 1.79 bits per heavy atom. The van der Waals surface area contributed by atoms with Crippen molar-refractivity contribution in [1.82, 2.24) is 0 Å². The van der Waals surface area contributed by atoms with E-state index in [0.29, 0.717) is 16.7 Å². The van der Waals surface area contributed by atoms with E-state index in [-0.39, 0.29) is 12.2 Å². The van der Waals surface area contributed by atoms with E-state index in [0.717, 1.165) is 31.1 Å². The summed E-state index contributed by atoms with van der Waals surface area (Å²) in [5, 5.41) is 9.89. The van der Waals surface area contributed by atoms with Gasteiger partial charge in [-0.15, -0.1) is 0 Å². The average Bonchev–Trinajstić information content (AvgIpc) is 2.71. The van der Waals surface area contributed by atoms with E-state index < -0.39 is 0 Å². The molecule has 3 aliphatic rings. The lowest BCUT2D eigenvalue weighted by Crippen LogP contribution is -2.44. The molecule has 0 aromatic rings. The van der Waals surface area contributed by atoms with Gasteiger partial charge in [-0.1, -0.05) is 20.8 Å². The highest BCUT2D eigenvalue weighted by Gasteiger charge is 2.63. The van der Waals surface area contributed by atoms with Gasteiger partial charge in [0, 0.05) is 7.11 Å². The van der Waals surface area contributed by atoms with Crippen molar-refractivity contribution in [2.24, 2.45) is 28.6 Å². The Bertz CT molecular complexity index is 351. The molecule has 3 aliphatic carbocycles. The monoisotopic (exact) mass is 266 g/mol. The molecule has 2 nitrogen and oxygen atoms in total. The van der Waals surface area contributed by atoms with Crippen molar-refractivity contribution < 1.29 is 9.84 Å². The minimum absolute atomic E-state index is 0.138. The first-order valence-corrected chi connectivity index (χ1v) is 8.11. The minimum atomic E-state index is -0.138. The lowest BCUT2D eigenvalue weighted by Gasteiger charge is -2.46. The smallest absolute Gasteiger partial charge is 0.0626 e. The Hall–Kier alpha value is -0.0800. The quantitative estimate of drug-likeness (QED) is 0.827. The molecule has 0 aliphatic heterocycles. The summed E-state index contributed by atoms with van der Waals surface area (Å²) in [5.41, 5.74) is 0.980. The highest BCUT2D eigenvalue weighted by molar-refractivity contribution is 5.12. The standard InChI is InChI=1S/C17H30O2/c1-16(2)11-7-8-17(16,3)14(9-11)13-6-5-12(18)10-15(13)19-4/h11-15,18H,5-10H2,1-4H3/t11-,12?,13?,14+,15?,17+/m0/s1. The van der Waals surface area contributed by atoms with Crippen molar-refractivity contribution in [1.29, 1.82) is 0 Å². The van der Waals surface area contributed by atoms with Crippen LogP contribution in [0.15, 0.2) is 0 Å². The predicted molar refractivity (Wildman–Crippen MR) is 76.9 cm³/mol. The third-order valence-corrected chi connectivity index (χ3v) is 7.50. The van der Waals surface area contributed by atoms with E-state index in [4.69, 9.17) is 4.74 Å². The van der Waals surface area contributed by atoms with Crippen LogP contribution >= 0.6 is 0 Å². The van der Waals surface area contributed by atoms with Gasteiger partial charge < -0.3 is 9.84 Å². The molecule has 3 saturated carbocycles. The second-order valence-electron chi connectivity index (χ2n) is 8.12. The van der Waals surface area contributed by atoms with E-state index in [1.807, 2.05) is 7.11 Å². The highest BCUT2D eigenvalue weighted by atomic mass is 16.5. The highest BCUT2D eigenvalue weighted by Crippen LogP contribution is 2.70. The van der Waals surface area contributed by atoms with Gasteiger partial charge in [0.2, 0.25) is 0 Å². The van der Waals surface area contributed by atoms with Crippen LogP contribution in [0.4, 0.5) is 0 Å². The van der Waals surface area contributed by atoms with E-state index >= 15 is 0 Å². The van der Waals surface area contributed by atoms with E-state index in [9.17, 15) is 5.11 Å². The summed E-state index contributed by atoms with van der Waals surface area (Å²) in [6.45, 7) is 7.51. The first-order valence-electron chi connectivity index (χ1n) is 8.11. The van der Waals surface area contributed by atoms with E-state index in [2.05, 4.69) is 20.8 Å². The molecule has 19 heavy (non-hydrogen) atoms. The fourth-order valence-electron chi connectivity index (χ4n) is 5.78. The van der Waals surface area contributed by atoms with Gasteiger partial charge in [0.25, 0.3) is 0 Å². The van der Waals surface area contributed by atoms with Crippen molar-refractivity contribution in [2.45, 2.75) is 71.5 Å². The van der Waals surface area contributed by atoms with Crippen LogP contribution in [-0.4, -0.2) is 24.4 Å². The molecule has 3 rings (SSSR count). The molecular weight excluding hydrogens is 236 g/mol. The van der Waals surface area contributed by atoms with Gasteiger partial charge in [-0.05, 0) is 67.1 Å². The molecule has 110 valence electrons. The summed E-state index contributed by atoms with van der Waals surface area (Å²) in [4.78, 5) is 0. The molecule has 0 aromatic heterocycles. The fourth-order valence-corrected chi connectivity index (χ4v) is 5.78. The third-order valence-electron chi connectivity index (χ3n) is 7.50. The Balaban J connectivity index is 1.83. The van der Waals surface area contributed by atoms with Gasteiger partial charge >= 0.3 is 0 Å². The second kappa shape index (κ2) is 4.46. The number of hydrogen-bond donors (Lipinski definition) is 1. The van der Waals surface area contributed by atoms with Gasteiger partial charge in [-0.25, -0.2) is 0 Å². The minimum Gasteiger partial charge on any atom is -0.393 e. The first-order chi connectivity index (χ1) is 8.90. The van der Waals surface area contributed by atoms with Gasteiger partial charge in [-0.2, -0.15) is 0 Å². The van der Waals surface area contributed by atoms with Gasteiger partial charge in [0.05, 0.1) is 12.2 Å². The molecule has 0 heterocycles. The summed E-state index contributed by atoms with van der Waals surface area (Å²) in [7, 11) is 1.83. The zero-order valence-corrected chi connectivity index (χ0v) is 13.0. The SMILES string of the molecule is COC1CC(O)CCC1[C@H]1C[C@@H]2CC[C@@]1(C)C2(C)C. The van der Waals surface area contributed by atoms with Crippen LogP contribution in [0, 0.1) is 28.6 Å². The zero-order valence-electron chi connectivity index (χ0n) is 13.0. The molecule has 0 radical (unpaired) electrons. The zero-order chi connectivity index (χ0) is 13.8. The summed E-state index contributed by atoms with van der Waals surface area (Å²) >= 11 is 0. The molecule has 0 spiro atoms. The average molecular weight is 266 g/mol. The van der Waals surface area contributed by atoms with Crippen LogP contribution in [0.25, 0.3) is 0 Å². The molecule has 0 saturated heterocycles. The number of aliphatic hydroxyl groups excluding tert-OH is 1. The first kappa shape index (κ1) is 13.9. The van der Waals surface area contributed by atoms with Crippen molar-refractivity contribution in [2.75, 3.05) is 7.11 Å². The summed E-state index contributed by atoms with van der Waals surface area (Å²) < 4.78 is 5.75. The lowest BCUT2D eigenvalue weighted by molar-refractivity contribution is -0.0721. The number of aliphatic hydroxyl groups is 1. The van der Waals surface area contributed by atoms with Crippen LogP contribution < -0.4 is 0 Å². The van der Waals surface area contributed by atoms with E-state index in [1.54, 1.807) is 0 Å². The number of hydrogen-bond acceptors (Lipinski definition) is 2. The molecule has 0 aromatic carbocycles. The lowest BCUT2D eigenvalue weighted by atomic mass is 9.60. The number of rotatable bonds is 2. The van der Waals surface area contributed by atoms with Crippen LogP contribution in [0.2, 0.25) is 0 Å². The van der Waals surface area contributed by atoms with Crippen LogP contribution in [0.3, 0.4) is 0 Å². The topological polar surface area (TPSA) is 29.5 Å². The van der Waals surface area contributed by atoms with Crippen molar-refractivity contribution in [3.8, 4) is 0 Å². The normalized spacial score (nSPS) is 52.6. The maximum Gasteiger partial charge on any atom is 0.0626 e. The summed E-state index contributed by atoms with van der Waals surface area (Å²) in [6, 6.07) is 0. The predicted octanol–water partition coefficient (Wildman–Crippen LogP) is 3.62. The van der Waals surface area contributed by atoms with Crippen molar-refractivity contribution in [3.63, 3.8) is 0 Å². The molecular formula is C17H30O2. The maximum absolute atomic E-state index is 9.89. The van der Waals surface area contributed by atoms with Crippen molar-refractivity contribution >= 4 is 0 Å². The molecule has 0 amide bonds. The van der Waals surface area contributed by atoms with Crippen LogP contribution in [0.5, 0.6) is 0 Å². The van der Waals surface area contributed by atoms with E-state index in [1.165, 1.54) is 19.3 Å². The number of fused-ring (bicyclic) bond motifs is 2. The Morgan fingerprint density at radius 3 is 2.32 bits per heavy atom. The molecule has 1 N–H and O–H groups in total. The molecule has 3 fully saturated rings. The Morgan fingerprint density at radius 1 is 1.05 bits per heavy atom. The molecule has 6 atom stereocenters. The fraction of sp³-hybridized carbons (Fsp3) is 1.00. The molecule has 3 unspecified atom stereocenters. The molecule has 2 heteroatoms. The third kappa shape index (κ3) is 1.82. The summed E-state index contributed by atoms with van der Waals surface area (Å²) in [6.07, 6.45) is 7.33. The van der Waals surface area contributed by atoms with Crippen LogP contribution in [-0.2, 0) is 4.74 Å². The Kier molecular flexibility index (Phi) is 3.26.